The van der Waals surface area contributed by atoms with Gasteiger partial charge in [-0.05, 0) is 38.7 Å². The molecule has 4 nitrogen and oxygen atoms in total. The number of aromatic carboxylic acids is 1. The summed E-state index contributed by atoms with van der Waals surface area (Å²) in [6.45, 7) is 8.30. The Morgan fingerprint density at radius 1 is 1.39 bits per heavy atom. The maximum absolute atomic E-state index is 11.1. The van der Waals surface area contributed by atoms with Crippen LogP contribution in [0.15, 0.2) is 12.3 Å². The molecule has 0 saturated heterocycles. The minimum Gasteiger partial charge on any atom is -0.478 e. The Labute approximate surface area is 108 Å². The topological polar surface area (TPSA) is 62.2 Å². The predicted octanol–water partition coefficient (Wildman–Crippen LogP) is 3.32. The maximum atomic E-state index is 11.1. The highest BCUT2D eigenvalue weighted by Crippen LogP contribution is 2.18. The molecule has 1 aromatic rings. The van der Waals surface area contributed by atoms with Crippen molar-refractivity contribution in [1.82, 2.24) is 4.98 Å². The van der Waals surface area contributed by atoms with Gasteiger partial charge in [-0.1, -0.05) is 13.8 Å². The molecule has 1 aromatic heterocycles. The van der Waals surface area contributed by atoms with E-state index in [2.05, 4.69) is 31.1 Å². The van der Waals surface area contributed by atoms with Crippen LogP contribution >= 0.6 is 0 Å². The summed E-state index contributed by atoms with van der Waals surface area (Å²) in [5, 5.41) is 12.4. The number of nitrogens with zero attached hydrogens (tertiary/aromatic N) is 1. The number of rotatable bonds is 6. The summed E-state index contributed by atoms with van der Waals surface area (Å²) in [6.07, 6.45) is 3.56. The lowest BCUT2D eigenvalue weighted by Gasteiger charge is -2.18. The minimum atomic E-state index is -0.943. The van der Waals surface area contributed by atoms with Crippen molar-refractivity contribution in [3.8, 4) is 0 Å². The van der Waals surface area contributed by atoms with Crippen molar-refractivity contribution >= 4 is 11.7 Å². The average molecular weight is 250 g/mol. The molecule has 0 bridgehead atoms. The van der Waals surface area contributed by atoms with Gasteiger partial charge in [0.1, 0.15) is 5.56 Å². The molecule has 0 radical (unpaired) electrons. The maximum Gasteiger partial charge on any atom is 0.339 e. The summed E-state index contributed by atoms with van der Waals surface area (Å²) in [6, 6.07) is 2.04. The van der Waals surface area contributed by atoms with Gasteiger partial charge in [0.05, 0.1) is 5.69 Å². The molecule has 4 heteroatoms. The van der Waals surface area contributed by atoms with Crippen molar-refractivity contribution in [2.24, 2.45) is 5.92 Å². The van der Waals surface area contributed by atoms with Crippen LogP contribution in [-0.2, 0) is 0 Å². The van der Waals surface area contributed by atoms with Crippen LogP contribution in [0.25, 0.3) is 0 Å². The Morgan fingerprint density at radius 2 is 2.06 bits per heavy atom. The highest BCUT2D eigenvalue weighted by molar-refractivity contribution is 5.93. The number of carboxylic acids is 1. The number of aryl methyl sites for hydroxylation is 1. The summed E-state index contributed by atoms with van der Waals surface area (Å²) >= 11 is 0. The Kier molecular flexibility index (Phi) is 5.13. The average Bonchev–Trinajstić information content (AvgIpc) is 2.26. The van der Waals surface area contributed by atoms with Crippen LogP contribution in [0.3, 0.4) is 0 Å². The predicted molar refractivity (Wildman–Crippen MR) is 73.1 cm³/mol. The van der Waals surface area contributed by atoms with Crippen LogP contribution in [0.1, 0.15) is 49.7 Å². The van der Waals surface area contributed by atoms with Crippen molar-refractivity contribution in [3.63, 3.8) is 0 Å². The van der Waals surface area contributed by atoms with Crippen LogP contribution in [-0.4, -0.2) is 22.1 Å². The third-order valence-electron chi connectivity index (χ3n) is 2.85. The third kappa shape index (κ3) is 4.35. The summed E-state index contributed by atoms with van der Waals surface area (Å²) in [5.74, 6) is -0.284. The number of carboxylic acid groups (broad SMARTS) is 1. The lowest BCUT2D eigenvalue weighted by Crippen LogP contribution is -2.18. The first kappa shape index (κ1) is 14.5. The van der Waals surface area contributed by atoms with Crippen LogP contribution in [0.2, 0.25) is 0 Å². The highest BCUT2D eigenvalue weighted by Gasteiger charge is 2.13. The summed E-state index contributed by atoms with van der Waals surface area (Å²) in [5.41, 5.74) is 1.71. The van der Waals surface area contributed by atoms with Crippen LogP contribution in [0.4, 0.5) is 5.69 Å². The van der Waals surface area contributed by atoms with E-state index in [9.17, 15) is 4.79 Å². The van der Waals surface area contributed by atoms with Crippen LogP contribution in [0, 0.1) is 12.8 Å². The second kappa shape index (κ2) is 6.38. The molecule has 1 heterocycles. The first-order valence-electron chi connectivity index (χ1n) is 6.36. The number of aromatic nitrogens is 1. The van der Waals surface area contributed by atoms with Gasteiger partial charge in [0.15, 0.2) is 0 Å². The number of hydrogen-bond donors (Lipinski definition) is 2. The van der Waals surface area contributed by atoms with Gasteiger partial charge in [-0.2, -0.15) is 0 Å². The van der Waals surface area contributed by atoms with E-state index in [-0.39, 0.29) is 11.6 Å². The lowest BCUT2D eigenvalue weighted by atomic mass is 10.0. The molecule has 2 N–H and O–H groups in total. The molecule has 0 amide bonds. The van der Waals surface area contributed by atoms with E-state index < -0.39 is 5.97 Å². The number of carbonyl (C=O) groups is 1. The van der Waals surface area contributed by atoms with Gasteiger partial charge < -0.3 is 10.4 Å². The molecule has 1 atom stereocenters. The van der Waals surface area contributed by atoms with Gasteiger partial charge in [0, 0.05) is 17.9 Å². The quantitative estimate of drug-likeness (QED) is 0.813. The molecular formula is C14H22N2O2. The second-order valence-corrected chi connectivity index (χ2v) is 5.19. The van der Waals surface area contributed by atoms with E-state index in [0.29, 0.717) is 11.6 Å². The Balaban J connectivity index is 2.76. The fraction of sp³-hybridized carbons (Fsp3) is 0.571. The molecule has 1 rings (SSSR count). The van der Waals surface area contributed by atoms with Crippen LogP contribution < -0.4 is 5.32 Å². The Hall–Kier alpha value is -1.58. The summed E-state index contributed by atoms with van der Waals surface area (Å²) < 4.78 is 0. The monoisotopic (exact) mass is 250 g/mol. The first-order chi connectivity index (χ1) is 8.40. The van der Waals surface area contributed by atoms with Crippen molar-refractivity contribution in [2.75, 3.05) is 5.32 Å². The highest BCUT2D eigenvalue weighted by atomic mass is 16.4. The van der Waals surface area contributed by atoms with Crippen molar-refractivity contribution in [3.05, 3.63) is 23.5 Å². The van der Waals surface area contributed by atoms with E-state index in [1.807, 2.05) is 6.92 Å². The zero-order valence-electron chi connectivity index (χ0n) is 11.5. The van der Waals surface area contributed by atoms with E-state index in [4.69, 9.17) is 5.11 Å². The minimum absolute atomic E-state index is 0.233. The van der Waals surface area contributed by atoms with Gasteiger partial charge in [0.2, 0.25) is 0 Å². The number of nitrogens with one attached hydrogen (secondary N) is 1. The van der Waals surface area contributed by atoms with Crippen molar-refractivity contribution < 1.29 is 9.90 Å². The zero-order chi connectivity index (χ0) is 13.7. The van der Waals surface area contributed by atoms with E-state index >= 15 is 0 Å². The Bertz CT molecular complexity index is 416. The molecular weight excluding hydrogens is 228 g/mol. The van der Waals surface area contributed by atoms with Crippen LogP contribution in [0.5, 0.6) is 0 Å². The first-order valence-corrected chi connectivity index (χ1v) is 6.36. The number of anilines is 1. The fourth-order valence-electron chi connectivity index (χ4n) is 1.77. The fourth-order valence-corrected chi connectivity index (χ4v) is 1.77. The van der Waals surface area contributed by atoms with Gasteiger partial charge >= 0.3 is 5.97 Å². The molecule has 0 aliphatic heterocycles. The molecule has 0 aliphatic rings. The molecule has 0 fully saturated rings. The van der Waals surface area contributed by atoms with Crippen molar-refractivity contribution in [1.29, 1.82) is 0 Å². The standard InChI is InChI=1S/C14H22N2O2/c1-9(2)5-6-10(3)16-13-7-11(4)15-8-12(13)14(17)18/h7-10H,5-6H2,1-4H3,(H,15,16)(H,17,18). The number of hydrogen-bond acceptors (Lipinski definition) is 3. The van der Waals surface area contributed by atoms with Gasteiger partial charge in [-0.3, -0.25) is 4.98 Å². The molecule has 18 heavy (non-hydrogen) atoms. The van der Waals surface area contributed by atoms with Gasteiger partial charge in [0.25, 0.3) is 0 Å². The lowest BCUT2D eigenvalue weighted by molar-refractivity contribution is 0.0697. The zero-order valence-corrected chi connectivity index (χ0v) is 11.5. The smallest absolute Gasteiger partial charge is 0.339 e. The molecule has 100 valence electrons. The molecule has 0 spiro atoms. The normalized spacial score (nSPS) is 12.5. The van der Waals surface area contributed by atoms with Gasteiger partial charge in [-0.25, -0.2) is 4.79 Å². The number of pyridine rings is 1. The summed E-state index contributed by atoms with van der Waals surface area (Å²) in [7, 11) is 0. The molecule has 1 unspecified atom stereocenters. The van der Waals surface area contributed by atoms with Gasteiger partial charge in [-0.15, -0.1) is 0 Å². The molecule has 0 aliphatic carbocycles. The largest absolute Gasteiger partial charge is 0.478 e. The summed E-state index contributed by atoms with van der Waals surface area (Å²) in [4.78, 5) is 15.1. The molecule has 0 aromatic carbocycles. The third-order valence-corrected chi connectivity index (χ3v) is 2.85. The van der Waals surface area contributed by atoms with Crippen molar-refractivity contribution in [2.45, 2.75) is 46.6 Å². The second-order valence-electron chi connectivity index (χ2n) is 5.19. The molecule has 0 saturated carbocycles. The van der Waals surface area contributed by atoms with E-state index in [0.717, 1.165) is 18.5 Å². The van der Waals surface area contributed by atoms with E-state index in [1.54, 1.807) is 6.07 Å². The Morgan fingerprint density at radius 3 is 2.61 bits per heavy atom. The van der Waals surface area contributed by atoms with E-state index in [1.165, 1.54) is 6.20 Å². The SMILES string of the molecule is Cc1cc(NC(C)CCC(C)C)c(C(=O)O)cn1.